The fourth-order valence-corrected chi connectivity index (χ4v) is 0.659. The molecular formula is C6H3F3N4. The normalized spacial score (nSPS) is 10.7. The van der Waals surface area contributed by atoms with Gasteiger partial charge in [0.25, 0.3) is 0 Å². The maximum Gasteiger partial charge on any atom is 0.417 e. The lowest BCUT2D eigenvalue weighted by Gasteiger charge is -2.04. The summed E-state index contributed by atoms with van der Waals surface area (Å²) in [4.78, 5) is 5.67. The van der Waals surface area contributed by atoms with Crippen molar-refractivity contribution in [1.29, 1.82) is 0 Å². The summed E-state index contributed by atoms with van der Waals surface area (Å²) in [5.74, 6) is -0.0875. The van der Waals surface area contributed by atoms with Crippen molar-refractivity contribution < 1.29 is 13.2 Å². The highest BCUT2D eigenvalue weighted by atomic mass is 19.4. The lowest BCUT2D eigenvalue weighted by Crippen LogP contribution is -2.04. The van der Waals surface area contributed by atoms with Crippen LogP contribution in [0.2, 0.25) is 0 Å². The Morgan fingerprint density at radius 1 is 1.38 bits per heavy atom. The van der Waals surface area contributed by atoms with Gasteiger partial charge in [0.2, 0.25) is 0 Å². The van der Waals surface area contributed by atoms with E-state index in [1.807, 2.05) is 0 Å². The molecule has 0 bridgehead atoms. The van der Waals surface area contributed by atoms with E-state index in [1.54, 1.807) is 0 Å². The average molecular weight is 188 g/mol. The van der Waals surface area contributed by atoms with Crippen LogP contribution in [0, 0.1) is 0 Å². The fraction of sp³-hybridized carbons (Fsp3) is 0.167. The van der Waals surface area contributed by atoms with Crippen LogP contribution < -0.4 is 0 Å². The number of azide groups is 1. The molecule has 0 spiro atoms. The van der Waals surface area contributed by atoms with Gasteiger partial charge in [-0.15, -0.1) is 0 Å². The van der Waals surface area contributed by atoms with E-state index in [2.05, 4.69) is 15.0 Å². The first-order valence-corrected chi connectivity index (χ1v) is 3.12. The van der Waals surface area contributed by atoms with Crippen LogP contribution in [0.15, 0.2) is 23.4 Å². The van der Waals surface area contributed by atoms with Gasteiger partial charge in [-0.05, 0) is 22.8 Å². The highest BCUT2D eigenvalue weighted by molar-refractivity contribution is 5.29. The van der Waals surface area contributed by atoms with Crippen molar-refractivity contribution in [2.45, 2.75) is 6.18 Å². The molecule has 1 aromatic heterocycles. The maximum absolute atomic E-state index is 12.0. The molecule has 0 aromatic carbocycles. The van der Waals surface area contributed by atoms with Gasteiger partial charge in [0.05, 0.1) is 5.56 Å². The number of alkyl halides is 3. The minimum atomic E-state index is -4.41. The summed E-state index contributed by atoms with van der Waals surface area (Å²) in [5, 5.41) is 3.03. The molecule has 0 saturated carbocycles. The van der Waals surface area contributed by atoms with Gasteiger partial charge in [-0.3, -0.25) is 4.98 Å². The van der Waals surface area contributed by atoms with Crippen molar-refractivity contribution in [3.63, 3.8) is 0 Å². The molecule has 4 nitrogen and oxygen atoms in total. The summed E-state index contributed by atoms with van der Waals surface area (Å²) < 4.78 is 35.9. The number of hydrogen-bond donors (Lipinski definition) is 0. The van der Waals surface area contributed by atoms with Crippen LogP contribution in [0.25, 0.3) is 10.4 Å². The quantitative estimate of drug-likeness (QED) is 0.379. The Hall–Kier alpha value is -1.75. The molecule has 1 aromatic rings. The van der Waals surface area contributed by atoms with E-state index in [1.165, 1.54) is 0 Å². The Kier molecular flexibility index (Phi) is 2.39. The van der Waals surface area contributed by atoms with Gasteiger partial charge in [0.15, 0.2) is 0 Å². The summed E-state index contributed by atoms with van der Waals surface area (Å²) in [6.07, 6.45) is -3.80. The van der Waals surface area contributed by atoms with Gasteiger partial charge in [-0.2, -0.15) is 13.2 Å². The third-order valence-electron chi connectivity index (χ3n) is 1.22. The molecule has 0 aliphatic heterocycles. The Labute approximate surface area is 70.6 Å². The lowest BCUT2D eigenvalue weighted by atomic mass is 10.3. The molecule has 0 fully saturated rings. The molecule has 7 heteroatoms. The molecule has 0 aliphatic rings. The molecule has 68 valence electrons. The monoisotopic (exact) mass is 188 g/mol. The van der Waals surface area contributed by atoms with Gasteiger partial charge in [0.1, 0.15) is 5.82 Å². The molecular weight excluding hydrogens is 185 g/mol. The van der Waals surface area contributed by atoms with Crippen LogP contribution in [-0.2, 0) is 6.18 Å². The summed E-state index contributed by atoms with van der Waals surface area (Å²) in [5.41, 5.74) is 7.07. The van der Waals surface area contributed by atoms with E-state index in [4.69, 9.17) is 5.53 Å². The minimum absolute atomic E-state index is 0.0875. The first-order valence-electron chi connectivity index (χ1n) is 3.12. The molecule has 0 saturated heterocycles. The fourth-order valence-electron chi connectivity index (χ4n) is 0.659. The Bertz CT molecular complexity index is 336. The van der Waals surface area contributed by atoms with Crippen LogP contribution in [-0.4, -0.2) is 4.98 Å². The van der Waals surface area contributed by atoms with E-state index in [-0.39, 0.29) is 5.82 Å². The molecule has 0 amide bonds. The van der Waals surface area contributed by atoms with Crippen molar-refractivity contribution in [3.8, 4) is 0 Å². The molecule has 1 heterocycles. The van der Waals surface area contributed by atoms with Crippen LogP contribution in [0.1, 0.15) is 5.56 Å². The predicted molar refractivity (Wildman–Crippen MR) is 38.0 cm³/mol. The molecule has 0 atom stereocenters. The second kappa shape index (κ2) is 3.32. The standard InChI is InChI=1S/C6H3F3N4/c7-6(8,9)4-1-2-5(11-3-4)12-13-10/h1-3H. The van der Waals surface area contributed by atoms with Crippen molar-refractivity contribution in [1.82, 2.24) is 4.98 Å². The minimum Gasteiger partial charge on any atom is -0.254 e. The number of nitrogens with zero attached hydrogens (tertiary/aromatic N) is 4. The van der Waals surface area contributed by atoms with Gasteiger partial charge in [0, 0.05) is 11.1 Å². The molecule has 13 heavy (non-hydrogen) atoms. The smallest absolute Gasteiger partial charge is 0.254 e. The number of halogens is 3. The average Bonchev–Trinajstić information content (AvgIpc) is 2.04. The zero-order valence-corrected chi connectivity index (χ0v) is 6.15. The largest absolute Gasteiger partial charge is 0.417 e. The van der Waals surface area contributed by atoms with Crippen molar-refractivity contribution in [2.75, 3.05) is 0 Å². The molecule has 0 N–H and O–H groups in total. The van der Waals surface area contributed by atoms with Gasteiger partial charge < -0.3 is 0 Å². The lowest BCUT2D eigenvalue weighted by molar-refractivity contribution is -0.137. The third-order valence-corrected chi connectivity index (χ3v) is 1.22. The molecule has 0 unspecified atom stereocenters. The van der Waals surface area contributed by atoms with Gasteiger partial charge in [-0.1, -0.05) is 0 Å². The number of aromatic nitrogens is 1. The van der Waals surface area contributed by atoms with Crippen LogP contribution in [0.4, 0.5) is 19.0 Å². The topological polar surface area (TPSA) is 61.7 Å². The third kappa shape index (κ3) is 2.34. The van der Waals surface area contributed by atoms with E-state index >= 15 is 0 Å². The highest BCUT2D eigenvalue weighted by Crippen LogP contribution is 2.29. The van der Waals surface area contributed by atoms with Crippen LogP contribution >= 0.6 is 0 Å². The molecule has 1 rings (SSSR count). The van der Waals surface area contributed by atoms with E-state index in [0.29, 0.717) is 6.20 Å². The predicted octanol–water partition coefficient (Wildman–Crippen LogP) is 3.04. The van der Waals surface area contributed by atoms with Crippen LogP contribution in [0.3, 0.4) is 0 Å². The highest BCUT2D eigenvalue weighted by Gasteiger charge is 2.30. The van der Waals surface area contributed by atoms with Crippen molar-refractivity contribution >= 4 is 5.82 Å². The maximum atomic E-state index is 12.0. The Morgan fingerprint density at radius 2 is 2.08 bits per heavy atom. The van der Waals surface area contributed by atoms with Gasteiger partial charge in [-0.25, -0.2) is 0 Å². The second-order valence-corrected chi connectivity index (χ2v) is 2.09. The van der Waals surface area contributed by atoms with E-state index in [9.17, 15) is 13.2 Å². The van der Waals surface area contributed by atoms with E-state index < -0.39 is 11.7 Å². The van der Waals surface area contributed by atoms with Crippen LogP contribution in [0.5, 0.6) is 0 Å². The summed E-state index contributed by atoms with van der Waals surface area (Å²) >= 11 is 0. The Balaban J connectivity index is 3.00. The SMILES string of the molecule is [N-]=[N+]=Nc1ccc(C(F)(F)F)cn1. The van der Waals surface area contributed by atoms with Crippen molar-refractivity contribution in [2.24, 2.45) is 5.11 Å². The number of pyridine rings is 1. The number of hydrogen-bond acceptors (Lipinski definition) is 2. The molecule has 0 aliphatic carbocycles. The molecule has 0 radical (unpaired) electrons. The number of rotatable bonds is 1. The zero-order valence-electron chi connectivity index (χ0n) is 6.15. The summed E-state index contributed by atoms with van der Waals surface area (Å²) in [6, 6.07) is 1.81. The zero-order chi connectivity index (χ0) is 9.90. The van der Waals surface area contributed by atoms with E-state index in [0.717, 1.165) is 12.1 Å². The first-order chi connectivity index (χ1) is 6.04. The summed E-state index contributed by atoms with van der Waals surface area (Å²) in [6.45, 7) is 0. The summed E-state index contributed by atoms with van der Waals surface area (Å²) in [7, 11) is 0. The second-order valence-electron chi connectivity index (χ2n) is 2.09. The Morgan fingerprint density at radius 3 is 2.46 bits per heavy atom. The van der Waals surface area contributed by atoms with Gasteiger partial charge >= 0.3 is 6.18 Å². The van der Waals surface area contributed by atoms with Crippen molar-refractivity contribution in [3.05, 3.63) is 34.3 Å². The first kappa shape index (κ1) is 9.34.